The first-order chi connectivity index (χ1) is 6.66. The zero-order valence-corrected chi connectivity index (χ0v) is 9.34. The lowest BCUT2D eigenvalue weighted by Crippen LogP contribution is -2.27. The smallest absolute Gasteiger partial charge is 0.320 e. The molecule has 1 N–H and O–H groups in total. The molecule has 0 saturated carbocycles. The Labute approximate surface area is 86.0 Å². The topological polar surface area (TPSA) is 47.6 Å². The molecule has 4 nitrogen and oxygen atoms in total. The molecule has 0 fully saturated rings. The lowest BCUT2D eigenvalue weighted by Gasteiger charge is -2.08. The second-order valence-electron chi connectivity index (χ2n) is 3.27. The third-order valence-corrected chi connectivity index (χ3v) is 1.48. The van der Waals surface area contributed by atoms with Crippen molar-refractivity contribution in [2.75, 3.05) is 26.3 Å². The van der Waals surface area contributed by atoms with Crippen LogP contribution in [0.15, 0.2) is 0 Å². The van der Waals surface area contributed by atoms with E-state index in [0.717, 1.165) is 26.2 Å². The second kappa shape index (κ2) is 8.97. The zero-order chi connectivity index (χ0) is 10.8. The molecule has 4 heteroatoms. The Morgan fingerprint density at radius 2 is 2.14 bits per heavy atom. The van der Waals surface area contributed by atoms with Crippen molar-refractivity contribution in [2.24, 2.45) is 0 Å². The molecule has 0 bridgehead atoms. The highest BCUT2D eigenvalue weighted by Crippen LogP contribution is 1.87. The van der Waals surface area contributed by atoms with Gasteiger partial charge < -0.3 is 14.8 Å². The monoisotopic (exact) mass is 203 g/mol. The number of carbonyl (C=O) groups excluding carboxylic acids is 1. The highest BCUT2D eigenvalue weighted by molar-refractivity contribution is 5.71. The average Bonchev–Trinajstić information content (AvgIpc) is 2.10. The summed E-state index contributed by atoms with van der Waals surface area (Å²) in [5.41, 5.74) is 0. The van der Waals surface area contributed by atoms with Crippen molar-refractivity contribution in [3.05, 3.63) is 0 Å². The molecule has 0 saturated heterocycles. The van der Waals surface area contributed by atoms with Gasteiger partial charge in [-0.1, -0.05) is 0 Å². The minimum atomic E-state index is -0.198. The van der Waals surface area contributed by atoms with Gasteiger partial charge in [-0.25, -0.2) is 0 Å². The van der Waals surface area contributed by atoms with Gasteiger partial charge in [0.1, 0.15) is 0 Å². The SMILES string of the molecule is CCOCCCNCC(=O)OC(C)C. The number of hydrogen-bond donors (Lipinski definition) is 1. The number of carbonyl (C=O) groups is 1. The van der Waals surface area contributed by atoms with Gasteiger partial charge in [0.15, 0.2) is 0 Å². The molecule has 0 unspecified atom stereocenters. The molecular weight excluding hydrogens is 182 g/mol. The highest BCUT2D eigenvalue weighted by atomic mass is 16.5. The largest absolute Gasteiger partial charge is 0.462 e. The Kier molecular flexibility index (Phi) is 8.57. The second-order valence-corrected chi connectivity index (χ2v) is 3.27. The fourth-order valence-electron chi connectivity index (χ4n) is 0.939. The number of esters is 1. The molecule has 14 heavy (non-hydrogen) atoms. The molecule has 0 aliphatic carbocycles. The number of nitrogens with one attached hydrogen (secondary N) is 1. The van der Waals surface area contributed by atoms with Gasteiger partial charge in [-0.3, -0.25) is 4.79 Å². The summed E-state index contributed by atoms with van der Waals surface area (Å²) in [5, 5.41) is 2.99. The first-order valence-corrected chi connectivity index (χ1v) is 5.14. The molecule has 0 aromatic rings. The summed E-state index contributed by atoms with van der Waals surface area (Å²) in [6.07, 6.45) is 0.885. The Balaban J connectivity index is 3.15. The maximum atomic E-state index is 11.0. The van der Waals surface area contributed by atoms with E-state index in [-0.39, 0.29) is 18.6 Å². The molecule has 0 aromatic heterocycles. The molecule has 0 aromatic carbocycles. The minimum absolute atomic E-state index is 0.0345. The van der Waals surface area contributed by atoms with Gasteiger partial charge >= 0.3 is 5.97 Å². The van der Waals surface area contributed by atoms with E-state index in [1.807, 2.05) is 20.8 Å². The first kappa shape index (κ1) is 13.4. The molecule has 0 aliphatic rings. The minimum Gasteiger partial charge on any atom is -0.462 e. The fourth-order valence-corrected chi connectivity index (χ4v) is 0.939. The Hall–Kier alpha value is -0.610. The molecule has 0 spiro atoms. The quantitative estimate of drug-likeness (QED) is 0.471. The maximum Gasteiger partial charge on any atom is 0.320 e. The first-order valence-electron chi connectivity index (χ1n) is 5.14. The van der Waals surface area contributed by atoms with Crippen LogP contribution in [-0.4, -0.2) is 38.4 Å². The van der Waals surface area contributed by atoms with Crippen LogP contribution in [0, 0.1) is 0 Å². The highest BCUT2D eigenvalue weighted by Gasteiger charge is 2.03. The molecule has 0 amide bonds. The van der Waals surface area contributed by atoms with Crippen LogP contribution >= 0.6 is 0 Å². The van der Waals surface area contributed by atoms with E-state index in [4.69, 9.17) is 9.47 Å². The predicted molar refractivity (Wildman–Crippen MR) is 55.2 cm³/mol. The van der Waals surface area contributed by atoms with Crippen molar-refractivity contribution in [1.82, 2.24) is 5.32 Å². The molecule has 0 aliphatic heterocycles. The van der Waals surface area contributed by atoms with Crippen LogP contribution in [0.5, 0.6) is 0 Å². The zero-order valence-electron chi connectivity index (χ0n) is 9.34. The Bertz CT molecular complexity index is 148. The van der Waals surface area contributed by atoms with Gasteiger partial charge in [0, 0.05) is 13.2 Å². The van der Waals surface area contributed by atoms with Crippen molar-refractivity contribution in [3.8, 4) is 0 Å². The van der Waals surface area contributed by atoms with Crippen LogP contribution in [0.4, 0.5) is 0 Å². The Morgan fingerprint density at radius 1 is 1.43 bits per heavy atom. The number of rotatable bonds is 8. The summed E-state index contributed by atoms with van der Waals surface area (Å²) in [7, 11) is 0. The van der Waals surface area contributed by atoms with E-state index in [1.54, 1.807) is 0 Å². The van der Waals surface area contributed by atoms with Gasteiger partial charge in [-0.05, 0) is 33.7 Å². The van der Waals surface area contributed by atoms with Gasteiger partial charge in [0.25, 0.3) is 0 Å². The van der Waals surface area contributed by atoms with Crippen molar-refractivity contribution >= 4 is 5.97 Å². The van der Waals surface area contributed by atoms with Crippen LogP contribution < -0.4 is 5.32 Å². The van der Waals surface area contributed by atoms with E-state index >= 15 is 0 Å². The normalized spacial score (nSPS) is 10.6. The summed E-state index contributed by atoms with van der Waals surface area (Å²) >= 11 is 0. The average molecular weight is 203 g/mol. The molecule has 0 rings (SSSR count). The van der Waals surface area contributed by atoms with E-state index < -0.39 is 0 Å². The summed E-state index contributed by atoms with van der Waals surface area (Å²) in [4.78, 5) is 11.0. The summed E-state index contributed by atoms with van der Waals surface area (Å²) in [6.45, 7) is 8.20. The molecule has 0 radical (unpaired) electrons. The lowest BCUT2D eigenvalue weighted by molar-refractivity contribution is -0.146. The fraction of sp³-hybridized carbons (Fsp3) is 0.900. The predicted octanol–water partition coefficient (Wildman–Crippen LogP) is 0.954. The molecular formula is C10H21NO3. The van der Waals surface area contributed by atoms with Crippen LogP contribution in [0.25, 0.3) is 0 Å². The third-order valence-electron chi connectivity index (χ3n) is 1.48. The summed E-state index contributed by atoms with van der Waals surface area (Å²) < 4.78 is 10.1. The third kappa shape index (κ3) is 9.48. The lowest BCUT2D eigenvalue weighted by atomic mass is 10.4. The van der Waals surface area contributed by atoms with Crippen LogP contribution in [0.3, 0.4) is 0 Å². The van der Waals surface area contributed by atoms with Crippen LogP contribution in [-0.2, 0) is 14.3 Å². The van der Waals surface area contributed by atoms with Crippen molar-refractivity contribution < 1.29 is 14.3 Å². The van der Waals surface area contributed by atoms with E-state index in [1.165, 1.54) is 0 Å². The van der Waals surface area contributed by atoms with Gasteiger partial charge in [0.2, 0.25) is 0 Å². The number of hydrogen-bond acceptors (Lipinski definition) is 4. The summed E-state index contributed by atoms with van der Waals surface area (Å²) in [5.74, 6) is -0.198. The van der Waals surface area contributed by atoms with Crippen molar-refractivity contribution in [1.29, 1.82) is 0 Å². The van der Waals surface area contributed by atoms with Gasteiger partial charge in [-0.2, -0.15) is 0 Å². The van der Waals surface area contributed by atoms with Crippen molar-refractivity contribution in [3.63, 3.8) is 0 Å². The summed E-state index contributed by atoms with van der Waals surface area (Å²) in [6, 6.07) is 0. The van der Waals surface area contributed by atoms with E-state index in [9.17, 15) is 4.79 Å². The standard InChI is InChI=1S/C10H21NO3/c1-4-13-7-5-6-11-8-10(12)14-9(2)3/h9,11H,4-8H2,1-3H3. The molecule has 84 valence electrons. The Morgan fingerprint density at radius 3 is 2.71 bits per heavy atom. The van der Waals surface area contributed by atoms with Gasteiger partial charge in [0.05, 0.1) is 12.6 Å². The van der Waals surface area contributed by atoms with Crippen molar-refractivity contribution in [2.45, 2.75) is 33.3 Å². The van der Waals surface area contributed by atoms with E-state index in [2.05, 4.69) is 5.32 Å². The van der Waals surface area contributed by atoms with Gasteiger partial charge in [-0.15, -0.1) is 0 Å². The van der Waals surface area contributed by atoms with Crippen LogP contribution in [0.2, 0.25) is 0 Å². The number of ether oxygens (including phenoxy) is 2. The van der Waals surface area contributed by atoms with E-state index in [0.29, 0.717) is 0 Å². The molecule has 0 atom stereocenters. The van der Waals surface area contributed by atoms with Crippen LogP contribution in [0.1, 0.15) is 27.2 Å². The maximum absolute atomic E-state index is 11.0. The molecule has 0 heterocycles.